The van der Waals surface area contributed by atoms with E-state index in [2.05, 4.69) is 21.2 Å². The van der Waals surface area contributed by atoms with Gasteiger partial charge in [-0.2, -0.15) is 0 Å². The molecule has 0 fully saturated rings. The van der Waals surface area contributed by atoms with Crippen LogP contribution in [0.4, 0.5) is 4.39 Å². The Bertz CT molecular complexity index is 615. The van der Waals surface area contributed by atoms with E-state index in [0.29, 0.717) is 5.75 Å². The highest BCUT2D eigenvalue weighted by Gasteiger charge is 2.12. The van der Waals surface area contributed by atoms with Crippen molar-refractivity contribution in [2.45, 2.75) is 19.9 Å². The monoisotopic (exact) mass is 337 g/mol. The highest BCUT2D eigenvalue weighted by atomic mass is 79.9. The van der Waals surface area contributed by atoms with Gasteiger partial charge in [0.2, 0.25) is 0 Å². The van der Waals surface area contributed by atoms with Gasteiger partial charge >= 0.3 is 0 Å². The fraction of sp³-hybridized carbons (Fsp3) is 0.250. The van der Waals surface area contributed by atoms with Crippen LogP contribution < -0.4 is 10.1 Å². The maximum absolute atomic E-state index is 13.4. The zero-order chi connectivity index (χ0) is 14.7. The normalized spacial score (nSPS) is 12.2. The molecular weight excluding hydrogens is 321 g/mol. The van der Waals surface area contributed by atoms with Crippen molar-refractivity contribution in [2.75, 3.05) is 7.05 Å². The van der Waals surface area contributed by atoms with Crippen molar-refractivity contribution >= 4 is 15.9 Å². The van der Waals surface area contributed by atoms with Crippen molar-refractivity contribution in [1.82, 2.24) is 5.32 Å². The van der Waals surface area contributed by atoms with E-state index in [-0.39, 0.29) is 11.9 Å². The molecule has 0 amide bonds. The Morgan fingerprint density at radius 2 is 1.95 bits per heavy atom. The average Bonchev–Trinajstić information content (AvgIpc) is 2.44. The van der Waals surface area contributed by atoms with E-state index in [1.165, 1.54) is 12.1 Å². The van der Waals surface area contributed by atoms with E-state index in [9.17, 15) is 4.39 Å². The first kappa shape index (κ1) is 15.0. The minimum atomic E-state index is -0.263. The predicted octanol–water partition coefficient (Wildman–Crippen LogP) is 4.97. The molecule has 0 spiro atoms. The number of aryl methyl sites for hydroxylation is 1. The van der Waals surface area contributed by atoms with Gasteiger partial charge in [-0.3, -0.25) is 0 Å². The second kappa shape index (κ2) is 6.37. The number of halogens is 2. The van der Waals surface area contributed by atoms with Gasteiger partial charge in [0, 0.05) is 16.1 Å². The van der Waals surface area contributed by atoms with E-state index in [4.69, 9.17) is 4.74 Å². The Hall–Kier alpha value is -1.39. The third-order valence-electron chi connectivity index (χ3n) is 3.23. The van der Waals surface area contributed by atoms with Crippen LogP contribution >= 0.6 is 15.9 Å². The largest absolute Gasteiger partial charge is 0.457 e. The summed E-state index contributed by atoms with van der Waals surface area (Å²) in [6, 6.07) is 10.4. The van der Waals surface area contributed by atoms with Gasteiger partial charge in [0.15, 0.2) is 0 Å². The van der Waals surface area contributed by atoms with Crippen LogP contribution in [0.5, 0.6) is 11.5 Å². The van der Waals surface area contributed by atoms with Crippen molar-refractivity contribution in [1.29, 1.82) is 0 Å². The number of benzene rings is 2. The first-order chi connectivity index (χ1) is 9.51. The molecule has 0 bridgehead atoms. The zero-order valence-electron chi connectivity index (χ0n) is 11.7. The molecule has 1 N–H and O–H groups in total. The molecule has 0 radical (unpaired) electrons. The van der Waals surface area contributed by atoms with Crippen LogP contribution in [0.25, 0.3) is 0 Å². The Morgan fingerprint density at radius 1 is 1.20 bits per heavy atom. The molecule has 0 aliphatic rings. The maximum Gasteiger partial charge on any atom is 0.132 e. The lowest BCUT2D eigenvalue weighted by Crippen LogP contribution is -2.13. The first-order valence-electron chi connectivity index (χ1n) is 6.42. The predicted molar refractivity (Wildman–Crippen MR) is 82.8 cm³/mol. The highest BCUT2D eigenvalue weighted by molar-refractivity contribution is 9.10. The van der Waals surface area contributed by atoms with E-state index in [1.54, 1.807) is 6.07 Å². The second-order valence-corrected chi connectivity index (χ2v) is 5.56. The number of rotatable bonds is 4. The quantitative estimate of drug-likeness (QED) is 0.850. The first-order valence-corrected chi connectivity index (χ1v) is 7.21. The van der Waals surface area contributed by atoms with Crippen LogP contribution in [0, 0.1) is 12.7 Å². The van der Waals surface area contributed by atoms with Crippen molar-refractivity contribution in [3.8, 4) is 11.5 Å². The van der Waals surface area contributed by atoms with Crippen molar-refractivity contribution in [2.24, 2.45) is 0 Å². The topological polar surface area (TPSA) is 21.3 Å². The minimum absolute atomic E-state index is 0.0113. The summed E-state index contributed by atoms with van der Waals surface area (Å²) in [6.07, 6.45) is 0. The summed E-state index contributed by atoms with van der Waals surface area (Å²) < 4.78 is 20.3. The summed E-state index contributed by atoms with van der Waals surface area (Å²) in [5, 5.41) is 3.10. The van der Waals surface area contributed by atoms with Crippen LogP contribution in [0.3, 0.4) is 0 Å². The summed E-state index contributed by atoms with van der Waals surface area (Å²) in [4.78, 5) is 0. The number of ether oxygens (including phenoxy) is 1. The van der Waals surface area contributed by atoms with Gasteiger partial charge in [-0.15, -0.1) is 0 Å². The zero-order valence-corrected chi connectivity index (χ0v) is 13.3. The molecule has 2 aromatic carbocycles. The summed E-state index contributed by atoms with van der Waals surface area (Å²) in [5.41, 5.74) is 1.89. The average molecular weight is 338 g/mol. The van der Waals surface area contributed by atoms with Gasteiger partial charge in [0.25, 0.3) is 0 Å². The van der Waals surface area contributed by atoms with Crippen LogP contribution in [0.2, 0.25) is 0 Å². The molecule has 0 heterocycles. The standard InChI is InChI=1S/C16H17BrFNO/c1-10-8-13(5-6-15(10)17)20-16-7-4-12(18)9-14(16)11(2)19-3/h4-9,11,19H,1-3H3. The lowest BCUT2D eigenvalue weighted by atomic mass is 10.1. The maximum atomic E-state index is 13.4. The van der Waals surface area contributed by atoms with E-state index >= 15 is 0 Å². The van der Waals surface area contributed by atoms with Crippen molar-refractivity contribution in [3.05, 3.63) is 57.8 Å². The fourth-order valence-electron chi connectivity index (χ4n) is 1.91. The van der Waals surface area contributed by atoms with Crippen LogP contribution in [-0.2, 0) is 0 Å². The Morgan fingerprint density at radius 3 is 2.60 bits per heavy atom. The van der Waals surface area contributed by atoms with Gasteiger partial charge in [-0.1, -0.05) is 15.9 Å². The van der Waals surface area contributed by atoms with E-state index in [1.807, 2.05) is 39.1 Å². The second-order valence-electron chi connectivity index (χ2n) is 4.71. The fourth-order valence-corrected chi connectivity index (χ4v) is 2.16. The third kappa shape index (κ3) is 3.38. The van der Waals surface area contributed by atoms with E-state index < -0.39 is 0 Å². The molecule has 106 valence electrons. The lowest BCUT2D eigenvalue weighted by molar-refractivity contribution is 0.462. The molecule has 2 nitrogen and oxygen atoms in total. The number of hydrogen-bond donors (Lipinski definition) is 1. The molecule has 4 heteroatoms. The molecule has 20 heavy (non-hydrogen) atoms. The van der Waals surface area contributed by atoms with Crippen molar-refractivity contribution in [3.63, 3.8) is 0 Å². The summed E-state index contributed by atoms with van der Waals surface area (Å²) in [6.45, 7) is 3.97. The highest BCUT2D eigenvalue weighted by Crippen LogP contribution is 2.31. The van der Waals surface area contributed by atoms with Gasteiger partial charge < -0.3 is 10.1 Å². The van der Waals surface area contributed by atoms with Gasteiger partial charge in [-0.05, 0) is 62.9 Å². The summed E-state index contributed by atoms with van der Waals surface area (Å²) >= 11 is 3.46. The Kier molecular flexibility index (Phi) is 4.78. The molecule has 0 saturated heterocycles. The molecule has 1 unspecified atom stereocenters. The molecule has 2 rings (SSSR count). The Balaban J connectivity index is 2.35. The molecular formula is C16H17BrFNO. The Labute approximate surface area is 127 Å². The van der Waals surface area contributed by atoms with Crippen LogP contribution in [0.15, 0.2) is 40.9 Å². The number of nitrogens with one attached hydrogen (secondary N) is 1. The lowest BCUT2D eigenvalue weighted by Gasteiger charge is -2.16. The SMILES string of the molecule is CNC(C)c1cc(F)ccc1Oc1ccc(Br)c(C)c1. The van der Waals surface area contributed by atoms with Crippen LogP contribution in [0.1, 0.15) is 24.1 Å². The van der Waals surface area contributed by atoms with Crippen molar-refractivity contribution < 1.29 is 9.13 Å². The van der Waals surface area contributed by atoms with Crippen LogP contribution in [-0.4, -0.2) is 7.05 Å². The molecule has 0 saturated carbocycles. The van der Waals surface area contributed by atoms with Gasteiger partial charge in [0.1, 0.15) is 17.3 Å². The molecule has 0 aromatic heterocycles. The molecule has 0 aliphatic carbocycles. The number of hydrogen-bond acceptors (Lipinski definition) is 2. The third-order valence-corrected chi connectivity index (χ3v) is 4.12. The molecule has 1 atom stereocenters. The molecule has 0 aliphatic heterocycles. The van der Waals surface area contributed by atoms with Gasteiger partial charge in [0.05, 0.1) is 0 Å². The molecule has 2 aromatic rings. The van der Waals surface area contributed by atoms with E-state index in [0.717, 1.165) is 21.3 Å². The van der Waals surface area contributed by atoms with Gasteiger partial charge in [-0.25, -0.2) is 4.39 Å². The summed E-state index contributed by atoms with van der Waals surface area (Å²) in [7, 11) is 1.84. The smallest absolute Gasteiger partial charge is 0.132 e. The minimum Gasteiger partial charge on any atom is -0.457 e. The summed E-state index contributed by atoms with van der Waals surface area (Å²) in [5.74, 6) is 1.14.